The molecular formula is C44H86O5. The maximum atomic E-state index is 13.0. The van der Waals surface area contributed by atoms with Gasteiger partial charge in [-0.15, -0.1) is 0 Å². The van der Waals surface area contributed by atoms with Gasteiger partial charge in [0.1, 0.15) is 0 Å². The van der Waals surface area contributed by atoms with E-state index in [1.165, 1.54) is 96.3 Å². The number of ether oxygens (including phenoxy) is 2. The average molecular weight is 695 g/mol. The van der Waals surface area contributed by atoms with Gasteiger partial charge in [-0.25, -0.2) is 0 Å². The summed E-state index contributed by atoms with van der Waals surface area (Å²) in [5.74, 6) is 0.422. The lowest BCUT2D eigenvalue weighted by molar-refractivity contribution is -0.156. The van der Waals surface area contributed by atoms with Gasteiger partial charge in [0.25, 0.3) is 0 Å². The van der Waals surface area contributed by atoms with Gasteiger partial charge in [0.05, 0.1) is 30.1 Å². The van der Waals surface area contributed by atoms with E-state index in [0.717, 1.165) is 89.9 Å². The molecule has 0 amide bonds. The van der Waals surface area contributed by atoms with Crippen molar-refractivity contribution in [3.05, 3.63) is 0 Å². The van der Waals surface area contributed by atoms with E-state index in [-0.39, 0.29) is 18.0 Å². The third-order valence-electron chi connectivity index (χ3n) is 10.6. The number of hydrogen-bond donors (Lipinski definition) is 1. The molecule has 5 heteroatoms. The molecule has 5 nitrogen and oxygen atoms in total. The lowest BCUT2D eigenvalue weighted by Gasteiger charge is -2.25. The second kappa shape index (κ2) is 31.6. The fourth-order valence-electron chi connectivity index (χ4n) is 6.79. The molecule has 1 N–H and O–H groups in total. The van der Waals surface area contributed by atoms with Crippen molar-refractivity contribution in [2.45, 2.75) is 241 Å². The standard InChI is InChI=1S/C44H86O5/c1-8-11-14-16-17-23-30-37-48-41(46)43(4,5)35-28-21-19-26-33-40(45)34-27-20-22-29-36-44(6,7)42(47)49-38-39(31-24-13-10-3)32-25-18-15-12-9-2/h39-40,45H,8-38H2,1-7H3. The highest BCUT2D eigenvalue weighted by Crippen LogP contribution is 2.28. The lowest BCUT2D eigenvalue weighted by atomic mass is 9.86. The summed E-state index contributed by atoms with van der Waals surface area (Å²) in [6.45, 7) is 16.0. The van der Waals surface area contributed by atoms with Crippen LogP contribution in [0.1, 0.15) is 235 Å². The van der Waals surface area contributed by atoms with Crippen LogP contribution in [0.2, 0.25) is 0 Å². The van der Waals surface area contributed by atoms with Crippen LogP contribution >= 0.6 is 0 Å². The van der Waals surface area contributed by atoms with Gasteiger partial charge in [-0.05, 0) is 78.6 Å². The average Bonchev–Trinajstić information content (AvgIpc) is 3.07. The Morgan fingerprint density at radius 2 is 0.816 bits per heavy atom. The fraction of sp³-hybridized carbons (Fsp3) is 0.955. The second-order valence-electron chi connectivity index (χ2n) is 16.7. The molecule has 0 aliphatic rings. The van der Waals surface area contributed by atoms with Gasteiger partial charge in [-0.3, -0.25) is 9.59 Å². The van der Waals surface area contributed by atoms with Crippen LogP contribution < -0.4 is 0 Å². The topological polar surface area (TPSA) is 72.8 Å². The minimum atomic E-state index is -0.433. The van der Waals surface area contributed by atoms with Crippen molar-refractivity contribution in [2.75, 3.05) is 13.2 Å². The van der Waals surface area contributed by atoms with Gasteiger partial charge >= 0.3 is 11.9 Å². The predicted octanol–water partition coefficient (Wildman–Crippen LogP) is 13.5. The highest BCUT2D eigenvalue weighted by Gasteiger charge is 2.30. The van der Waals surface area contributed by atoms with Gasteiger partial charge in [0.15, 0.2) is 0 Å². The van der Waals surface area contributed by atoms with Gasteiger partial charge in [-0.2, -0.15) is 0 Å². The first-order chi connectivity index (χ1) is 23.5. The largest absolute Gasteiger partial charge is 0.465 e. The zero-order chi connectivity index (χ0) is 36.6. The molecule has 0 saturated heterocycles. The van der Waals surface area contributed by atoms with Crippen molar-refractivity contribution in [1.29, 1.82) is 0 Å². The number of esters is 2. The third-order valence-corrected chi connectivity index (χ3v) is 10.6. The summed E-state index contributed by atoms with van der Waals surface area (Å²) < 4.78 is 11.5. The number of rotatable bonds is 36. The molecule has 49 heavy (non-hydrogen) atoms. The molecule has 0 radical (unpaired) electrons. The molecule has 0 bridgehead atoms. The highest BCUT2D eigenvalue weighted by molar-refractivity contribution is 5.76. The second-order valence-corrected chi connectivity index (χ2v) is 16.7. The van der Waals surface area contributed by atoms with Crippen molar-refractivity contribution >= 4 is 11.9 Å². The Hall–Kier alpha value is -1.10. The normalized spacial score (nSPS) is 13.4. The first-order valence-electron chi connectivity index (χ1n) is 21.5. The van der Waals surface area contributed by atoms with E-state index in [1.54, 1.807) is 0 Å². The van der Waals surface area contributed by atoms with Crippen molar-refractivity contribution in [3.63, 3.8) is 0 Å². The van der Waals surface area contributed by atoms with Gasteiger partial charge < -0.3 is 14.6 Å². The Kier molecular flexibility index (Phi) is 30.9. The number of unbranched alkanes of at least 4 members (excludes halogenated alkanes) is 18. The Morgan fingerprint density at radius 3 is 1.31 bits per heavy atom. The molecule has 0 rings (SSSR count). The van der Waals surface area contributed by atoms with Crippen LogP contribution in [-0.4, -0.2) is 36.4 Å². The maximum Gasteiger partial charge on any atom is 0.311 e. The number of carbonyl (C=O) groups excluding carboxylic acids is 2. The number of carbonyl (C=O) groups is 2. The van der Waals surface area contributed by atoms with E-state index in [1.807, 2.05) is 27.7 Å². The van der Waals surface area contributed by atoms with Crippen LogP contribution in [0, 0.1) is 16.7 Å². The summed E-state index contributed by atoms with van der Waals surface area (Å²) in [6.07, 6.45) is 32.9. The van der Waals surface area contributed by atoms with Crippen LogP contribution in [0.4, 0.5) is 0 Å². The Morgan fingerprint density at radius 1 is 0.469 bits per heavy atom. The molecule has 0 saturated carbocycles. The zero-order valence-corrected chi connectivity index (χ0v) is 34.2. The monoisotopic (exact) mass is 695 g/mol. The molecule has 2 unspecified atom stereocenters. The van der Waals surface area contributed by atoms with E-state index < -0.39 is 10.8 Å². The molecule has 0 aliphatic carbocycles. The van der Waals surface area contributed by atoms with Crippen LogP contribution in [-0.2, 0) is 19.1 Å². The Labute approximate surface area is 306 Å². The van der Waals surface area contributed by atoms with E-state index in [2.05, 4.69) is 20.8 Å². The van der Waals surface area contributed by atoms with Crippen molar-refractivity contribution in [3.8, 4) is 0 Å². The molecule has 0 heterocycles. The third kappa shape index (κ3) is 28.2. The molecule has 2 atom stereocenters. The van der Waals surface area contributed by atoms with E-state index in [0.29, 0.717) is 19.1 Å². The summed E-state index contributed by atoms with van der Waals surface area (Å²) in [6, 6.07) is 0. The molecule has 0 aromatic rings. The van der Waals surface area contributed by atoms with Crippen LogP contribution in [0.3, 0.4) is 0 Å². The van der Waals surface area contributed by atoms with Gasteiger partial charge in [0, 0.05) is 0 Å². The first-order valence-corrected chi connectivity index (χ1v) is 21.5. The van der Waals surface area contributed by atoms with Gasteiger partial charge in [-0.1, -0.05) is 162 Å². The number of hydrogen-bond acceptors (Lipinski definition) is 5. The summed E-state index contributed by atoms with van der Waals surface area (Å²) >= 11 is 0. The number of aliphatic hydroxyl groups excluding tert-OH is 1. The molecular weight excluding hydrogens is 608 g/mol. The molecule has 0 aliphatic heterocycles. The van der Waals surface area contributed by atoms with E-state index in [9.17, 15) is 14.7 Å². The minimum Gasteiger partial charge on any atom is -0.465 e. The molecule has 0 aromatic carbocycles. The van der Waals surface area contributed by atoms with Crippen LogP contribution in [0.15, 0.2) is 0 Å². The molecule has 0 aromatic heterocycles. The quantitative estimate of drug-likeness (QED) is 0.0522. The fourth-order valence-corrected chi connectivity index (χ4v) is 6.79. The highest BCUT2D eigenvalue weighted by atomic mass is 16.5. The SMILES string of the molecule is CCCCCCCCCOC(=O)C(C)(C)CCCCCCC(O)CCCCCCC(C)(C)C(=O)OCC(CCCCC)CCCCCCC. The molecule has 0 fully saturated rings. The summed E-state index contributed by atoms with van der Waals surface area (Å²) in [4.78, 5) is 25.5. The number of aliphatic hydroxyl groups is 1. The van der Waals surface area contributed by atoms with Crippen molar-refractivity contribution in [1.82, 2.24) is 0 Å². The molecule has 0 spiro atoms. The van der Waals surface area contributed by atoms with Crippen LogP contribution in [0.25, 0.3) is 0 Å². The minimum absolute atomic E-state index is 0.0308. The van der Waals surface area contributed by atoms with Crippen molar-refractivity contribution < 1.29 is 24.2 Å². The van der Waals surface area contributed by atoms with Crippen molar-refractivity contribution in [2.24, 2.45) is 16.7 Å². The summed E-state index contributed by atoms with van der Waals surface area (Å²) in [7, 11) is 0. The summed E-state index contributed by atoms with van der Waals surface area (Å²) in [5.41, 5.74) is -0.849. The van der Waals surface area contributed by atoms with E-state index in [4.69, 9.17) is 9.47 Å². The van der Waals surface area contributed by atoms with E-state index >= 15 is 0 Å². The van der Waals surface area contributed by atoms with Crippen LogP contribution in [0.5, 0.6) is 0 Å². The maximum absolute atomic E-state index is 13.0. The van der Waals surface area contributed by atoms with Gasteiger partial charge in [0.2, 0.25) is 0 Å². The predicted molar refractivity (Wildman–Crippen MR) is 210 cm³/mol. The Balaban J connectivity index is 3.99. The Bertz CT molecular complexity index is 760. The smallest absolute Gasteiger partial charge is 0.311 e. The molecule has 292 valence electrons. The summed E-state index contributed by atoms with van der Waals surface area (Å²) in [5, 5.41) is 10.5. The zero-order valence-electron chi connectivity index (χ0n) is 34.2. The lowest BCUT2D eigenvalue weighted by Crippen LogP contribution is -2.28. The first kappa shape index (κ1) is 47.9.